The van der Waals surface area contributed by atoms with E-state index in [1.54, 1.807) is 0 Å². The summed E-state index contributed by atoms with van der Waals surface area (Å²) in [5.74, 6) is -0.291. The molecule has 1 heterocycles. The molecule has 0 bridgehead atoms. The molecule has 0 radical (unpaired) electrons. The molecule has 0 saturated heterocycles. The van der Waals surface area contributed by atoms with Crippen molar-refractivity contribution in [2.75, 3.05) is 0 Å². The Hall–Kier alpha value is -3.54. The van der Waals surface area contributed by atoms with E-state index in [0.29, 0.717) is 17.7 Å². The molecule has 4 aromatic carbocycles. The molecule has 1 aromatic heterocycles. The summed E-state index contributed by atoms with van der Waals surface area (Å²) in [6.07, 6.45) is 3.90. The first-order chi connectivity index (χ1) is 17.2. The first-order valence-electron chi connectivity index (χ1n) is 11.4. The molecule has 0 fully saturated rings. The number of ether oxygens (including phenoxy) is 1. The molecule has 0 spiro atoms. The Balaban J connectivity index is 1.53. The van der Waals surface area contributed by atoms with Gasteiger partial charge in [0.2, 0.25) is 0 Å². The van der Waals surface area contributed by atoms with Crippen LogP contribution in [0, 0.1) is 5.82 Å². The van der Waals surface area contributed by atoms with Gasteiger partial charge in [-0.2, -0.15) is 0 Å². The third-order valence-corrected chi connectivity index (χ3v) is 6.50. The lowest BCUT2D eigenvalue weighted by Crippen LogP contribution is -2.36. The molecule has 5 heteroatoms. The highest BCUT2D eigenvalue weighted by molar-refractivity contribution is 9.10. The molecule has 0 unspecified atom stereocenters. The number of hydrogen-bond donors (Lipinski definition) is 0. The maximum absolute atomic E-state index is 13.7. The lowest BCUT2D eigenvalue weighted by Gasteiger charge is -2.37. The lowest BCUT2D eigenvalue weighted by molar-refractivity contribution is 0.104. The van der Waals surface area contributed by atoms with Crippen LogP contribution < -0.4 is 0 Å². The van der Waals surface area contributed by atoms with Crippen LogP contribution >= 0.6 is 15.9 Å². The Labute approximate surface area is 213 Å². The molecule has 5 aromatic rings. The van der Waals surface area contributed by atoms with E-state index in [2.05, 4.69) is 98.3 Å². The van der Waals surface area contributed by atoms with Crippen molar-refractivity contribution in [3.05, 3.63) is 160 Å². The fourth-order valence-corrected chi connectivity index (χ4v) is 5.09. The van der Waals surface area contributed by atoms with Gasteiger partial charge in [0.25, 0.3) is 0 Å². The minimum absolute atomic E-state index is 0.291. The number of aromatic nitrogens is 2. The number of benzene rings is 4. The largest absolute Gasteiger partial charge is 0.370 e. The van der Waals surface area contributed by atoms with Crippen LogP contribution in [0.25, 0.3) is 0 Å². The number of imidazole rings is 1. The molecule has 5 rings (SSSR count). The molecule has 3 nitrogen and oxygen atoms in total. The Kier molecular flexibility index (Phi) is 6.89. The second-order valence-electron chi connectivity index (χ2n) is 8.35. The second-order valence-corrected chi connectivity index (χ2v) is 9.27. The summed E-state index contributed by atoms with van der Waals surface area (Å²) in [7, 11) is 0. The Morgan fingerprint density at radius 3 is 1.80 bits per heavy atom. The molecule has 35 heavy (non-hydrogen) atoms. The maximum Gasteiger partial charge on any atom is 0.124 e. The molecule has 0 N–H and O–H groups in total. The summed E-state index contributed by atoms with van der Waals surface area (Å²) in [5.41, 5.74) is 4.35. The van der Waals surface area contributed by atoms with E-state index in [9.17, 15) is 4.39 Å². The van der Waals surface area contributed by atoms with Crippen molar-refractivity contribution in [1.29, 1.82) is 0 Å². The predicted molar refractivity (Wildman–Crippen MR) is 139 cm³/mol. The Morgan fingerprint density at radius 1 is 0.743 bits per heavy atom. The fourth-order valence-electron chi connectivity index (χ4n) is 4.57. The van der Waals surface area contributed by atoms with Crippen molar-refractivity contribution in [2.45, 2.75) is 18.8 Å². The van der Waals surface area contributed by atoms with Crippen LogP contribution in [-0.2, 0) is 23.5 Å². The highest BCUT2D eigenvalue weighted by Crippen LogP contribution is 2.40. The van der Waals surface area contributed by atoms with Crippen molar-refractivity contribution in [3.8, 4) is 0 Å². The summed E-state index contributed by atoms with van der Waals surface area (Å²) in [6.45, 7) is 0.611. The summed E-state index contributed by atoms with van der Waals surface area (Å²) >= 11 is 3.33. The second kappa shape index (κ2) is 10.4. The normalized spacial score (nSPS) is 11.5. The summed E-state index contributed by atoms with van der Waals surface area (Å²) < 4.78 is 22.4. The third-order valence-electron chi connectivity index (χ3n) is 6.04. The number of nitrogens with zero attached hydrogens (tertiary/aromatic N) is 2. The van der Waals surface area contributed by atoms with Crippen LogP contribution in [0.4, 0.5) is 4.39 Å². The van der Waals surface area contributed by atoms with Crippen molar-refractivity contribution >= 4 is 15.9 Å². The molecule has 0 aliphatic carbocycles. The van der Waals surface area contributed by atoms with E-state index < -0.39 is 5.54 Å². The standard InChI is InChI=1S/C30H24BrFN2O/c31-27-16-23(17-28(32)18-27)20-35-21-29-19-34(22-33-29)30(24-10-4-1-5-11-24,25-12-6-2-7-13-25)26-14-8-3-9-15-26/h1-19,22H,20-21H2. The van der Waals surface area contributed by atoms with Gasteiger partial charge in [0, 0.05) is 10.7 Å². The van der Waals surface area contributed by atoms with E-state index in [4.69, 9.17) is 4.74 Å². The van der Waals surface area contributed by atoms with Gasteiger partial charge in [0.15, 0.2) is 0 Å². The van der Waals surface area contributed by atoms with Gasteiger partial charge in [-0.25, -0.2) is 9.37 Å². The van der Waals surface area contributed by atoms with Crippen molar-refractivity contribution in [1.82, 2.24) is 9.55 Å². The average molecular weight is 527 g/mol. The number of hydrogen-bond acceptors (Lipinski definition) is 2. The summed E-state index contributed by atoms with van der Waals surface area (Å²) in [4.78, 5) is 4.68. The number of halogens is 2. The highest BCUT2D eigenvalue weighted by atomic mass is 79.9. The molecular formula is C30H24BrFN2O. The van der Waals surface area contributed by atoms with Gasteiger partial charge in [0.05, 0.1) is 25.2 Å². The average Bonchev–Trinajstić information content (AvgIpc) is 3.35. The van der Waals surface area contributed by atoms with Crippen molar-refractivity contribution in [2.24, 2.45) is 0 Å². The first-order valence-corrected chi connectivity index (χ1v) is 12.2. The van der Waals surface area contributed by atoms with Crippen LogP contribution in [-0.4, -0.2) is 9.55 Å². The molecule has 174 valence electrons. The van der Waals surface area contributed by atoms with Crippen LogP contribution in [0.15, 0.2) is 126 Å². The zero-order chi connectivity index (χ0) is 24.1. The van der Waals surface area contributed by atoms with Crippen molar-refractivity contribution < 1.29 is 9.13 Å². The SMILES string of the molecule is Fc1cc(Br)cc(COCc2cn(C(c3ccccc3)(c3ccccc3)c3ccccc3)cn2)c1. The first kappa shape index (κ1) is 23.2. The van der Waals surface area contributed by atoms with Gasteiger partial charge in [-0.15, -0.1) is 0 Å². The van der Waals surface area contributed by atoms with Gasteiger partial charge in [-0.3, -0.25) is 0 Å². The van der Waals surface area contributed by atoms with Gasteiger partial charge in [-0.1, -0.05) is 107 Å². The molecule has 0 atom stereocenters. The minimum atomic E-state index is -0.609. The van der Waals surface area contributed by atoms with Crippen LogP contribution in [0.2, 0.25) is 0 Å². The van der Waals surface area contributed by atoms with E-state index in [-0.39, 0.29) is 5.82 Å². The summed E-state index contributed by atoms with van der Waals surface area (Å²) in [5, 5.41) is 0. The summed E-state index contributed by atoms with van der Waals surface area (Å²) in [6, 6.07) is 36.1. The van der Waals surface area contributed by atoms with Crippen LogP contribution in [0.3, 0.4) is 0 Å². The van der Waals surface area contributed by atoms with Gasteiger partial charge in [0.1, 0.15) is 11.4 Å². The minimum Gasteiger partial charge on any atom is -0.370 e. The highest BCUT2D eigenvalue weighted by Gasteiger charge is 2.38. The topological polar surface area (TPSA) is 27.1 Å². The zero-order valence-electron chi connectivity index (χ0n) is 19.0. The monoisotopic (exact) mass is 526 g/mol. The van der Waals surface area contributed by atoms with Gasteiger partial charge >= 0.3 is 0 Å². The molecule has 0 aliphatic heterocycles. The maximum atomic E-state index is 13.7. The molecule has 0 amide bonds. The van der Waals surface area contributed by atoms with Crippen molar-refractivity contribution in [3.63, 3.8) is 0 Å². The van der Waals surface area contributed by atoms with E-state index in [1.165, 1.54) is 12.1 Å². The lowest BCUT2D eigenvalue weighted by atomic mass is 9.77. The molecular weight excluding hydrogens is 503 g/mol. The molecule has 0 aliphatic rings. The van der Waals surface area contributed by atoms with E-state index >= 15 is 0 Å². The Morgan fingerprint density at radius 2 is 1.29 bits per heavy atom. The quantitative estimate of drug-likeness (QED) is 0.198. The zero-order valence-corrected chi connectivity index (χ0v) is 20.6. The van der Waals surface area contributed by atoms with E-state index in [1.807, 2.05) is 36.8 Å². The van der Waals surface area contributed by atoms with E-state index in [0.717, 1.165) is 27.9 Å². The van der Waals surface area contributed by atoms with Gasteiger partial charge in [-0.05, 0) is 40.5 Å². The predicted octanol–water partition coefficient (Wildman–Crippen LogP) is 7.34. The fraction of sp³-hybridized carbons (Fsp3) is 0.100. The number of rotatable bonds is 8. The Bertz CT molecular complexity index is 1270. The third kappa shape index (κ3) is 4.83. The smallest absolute Gasteiger partial charge is 0.124 e. The van der Waals surface area contributed by atoms with Crippen LogP contribution in [0.5, 0.6) is 0 Å². The van der Waals surface area contributed by atoms with Crippen LogP contribution in [0.1, 0.15) is 27.9 Å². The molecule has 0 saturated carbocycles. The van der Waals surface area contributed by atoms with Gasteiger partial charge < -0.3 is 9.30 Å².